The first-order chi connectivity index (χ1) is 5.56. The quantitative estimate of drug-likeness (QED) is 0.629. The highest BCUT2D eigenvalue weighted by atomic mass is 19.1. The number of rotatable bonds is 2. The molecule has 0 aromatic carbocycles. The highest BCUT2D eigenvalue weighted by molar-refractivity contribution is 5.11. The normalized spacial score (nSPS) is 15.2. The Morgan fingerprint density at radius 2 is 2.00 bits per heavy atom. The molecule has 0 spiro atoms. The van der Waals surface area contributed by atoms with Gasteiger partial charge >= 0.3 is 0 Å². The third-order valence-electron chi connectivity index (χ3n) is 1.60. The van der Waals surface area contributed by atoms with Gasteiger partial charge in [0.15, 0.2) is 11.5 Å². The van der Waals surface area contributed by atoms with Crippen LogP contribution < -0.4 is 0 Å². The van der Waals surface area contributed by atoms with Gasteiger partial charge in [0.2, 0.25) is 0 Å². The SMILES string of the molecule is C=CC(C)(F)c1ncc(C)cn1. The van der Waals surface area contributed by atoms with E-state index < -0.39 is 5.67 Å². The van der Waals surface area contributed by atoms with E-state index in [-0.39, 0.29) is 5.82 Å². The number of halogens is 1. The summed E-state index contributed by atoms with van der Waals surface area (Å²) >= 11 is 0. The van der Waals surface area contributed by atoms with Crippen molar-refractivity contribution in [2.75, 3.05) is 0 Å². The van der Waals surface area contributed by atoms with Crippen molar-refractivity contribution in [2.45, 2.75) is 19.5 Å². The first-order valence-electron chi connectivity index (χ1n) is 3.68. The predicted octanol–water partition coefficient (Wildman–Crippen LogP) is 2.16. The maximum absolute atomic E-state index is 13.4. The molecule has 1 aromatic heterocycles. The van der Waals surface area contributed by atoms with Crippen molar-refractivity contribution >= 4 is 0 Å². The van der Waals surface area contributed by atoms with Crippen molar-refractivity contribution in [3.63, 3.8) is 0 Å². The van der Waals surface area contributed by atoms with Crippen molar-refractivity contribution in [1.29, 1.82) is 0 Å². The van der Waals surface area contributed by atoms with Crippen LogP contribution in [0.5, 0.6) is 0 Å². The molecule has 0 amide bonds. The molecule has 0 aliphatic rings. The van der Waals surface area contributed by atoms with Crippen LogP contribution in [0, 0.1) is 6.92 Å². The molecule has 1 heterocycles. The lowest BCUT2D eigenvalue weighted by atomic mass is 10.1. The minimum absolute atomic E-state index is 0.156. The summed E-state index contributed by atoms with van der Waals surface area (Å²) in [5.41, 5.74) is -0.716. The number of hydrogen-bond acceptors (Lipinski definition) is 2. The Kier molecular flexibility index (Phi) is 2.22. The molecule has 1 unspecified atom stereocenters. The second-order valence-corrected chi connectivity index (χ2v) is 2.86. The van der Waals surface area contributed by atoms with E-state index in [1.165, 1.54) is 13.0 Å². The second kappa shape index (κ2) is 3.01. The summed E-state index contributed by atoms with van der Waals surface area (Å²) in [7, 11) is 0. The number of hydrogen-bond donors (Lipinski definition) is 0. The van der Waals surface area contributed by atoms with Gasteiger partial charge in [0.25, 0.3) is 0 Å². The number of aromatic nitrogens is 2. The molecule has 0 saturated heterocycles. The topological polar surface area (TPSA) is 25.8 Å². The smallest absolute Gasteiger partial charge is 0.185 e. The Morgan fingerprint density at radius 1 is 1.50 bits per heavy atom. The highest BCUT2D eigenvalue weighted by Gasteiger charge is 2.24. The standard InChI is InChI=1S/C9H11FN2/c1-4-9(3,10)8-11-5-7(2)6-12-8/h4-6H,1H2,2-3H3. The van der Waals surface area contributed by atoms with Crippen LogP contribution in [-0.4, -0.2) is 9.97 Å². The van der Waals surface area contributed by atoms with Gasteiger partial charge in [-0.15, -0.1) is 0 Å². The number of allylic oxidation sites excluding steroid dienone is 1. The van der Waals surface area contributed by atoms with Crippen LogP contribution in [0.4, 0.5) is 4.39 Å². The van der Waals surface area contributed by atoms with Crippen molar-refractivity contribution < 1.29 is 4.39 Å². The average molecular weight is 166 g/mol. The van der Waals surface area contributed by atoms with E-state index in [0.29, 0.717) is 0 Å². The maximum atomic E-state index is 13.4. The first-order valence-corrected chi connectivity index (χ1v) is 3.68. The largest absolute Gasteiger partial charge is 0.237 e. The van der Waals surface area contributed by atoms with Crippen LogP contribution in [0.25, 0.3) is 0 Å². The van der Waals surface area contributed by atoms with Gasteiger partial charge in [0.1, 0.15) is 0 Å². The van der Waals surface area contributed by atoms with Gasteiger partial charge < -0.3 is 0 Å². The summed E-state index contributed by atoms with van der Waals surface area (Å²) in [5.74, 6) is 0.156. The molecule has 0 N–H and O–H groups in total. The zero-order valence-electron chi connectivity index (χ0n) is 7.21. The number of nitrogens with zero attached hydrogens (tertiary/aromatic N) is 2. The number of alkyl halides is 1. The lowest BCUT2D eigenvalue weighted by Gasteiger charge is -2.12. The lowest BCUT2D eigenvalue weighted by Crippen LogP contribution is -2.15. The third-order valence-corrected chi connectivity index (χ3v) is 1.60. The number of aryl methyl sites for hydroxylation is 1. The van der Waals surface area contributed by atoms with Crippen LogP contribution in [0.1, 0.15) is 18.3 Å². The molecule has 0 saturated carbocycles. The summed E-state index contributed by atoms with van der Waals surface area (Å²) in [6, 6.07) is 0. The van der Waals surface area contributed by atoms with E-state index in [4.69, 9.17) is 0 Å². The fraction of sp³-hybridized carbons (Fsp3) is 0.333. The zero-order valence-corrected chi connectivity index (χ0v) is 7.21. The molecule has 1 rings (SSSR count). The molecule has 0 bridgehead atoms. The summed E-state index contributed by atoms with van der Waals surface area (Å²) in [6.07, 6.45) is 4.37. The molecule has 0 aliphatic carbocycles. The fourth-order valence-corrected chi connectivity index (χ4v) is 0.736. The highest BCUT2D eigenvalue weighted by Crippen LogP contribution is 2.22. The van der Waals surface area contributed by atoms with Gasteiger partial charge in [-0.2, -0.15) is 0 Å². The van der Waals surface area contributed by atoms with Gasteiger partial charge in [0, 0.05) is 12.4 Å². The Morgan fingerprint density at radius 3 is 2.42 bits per heavy atom. The van der Waals surface area contributed by atoms with Crippen molar-refractivity contribution in [1.82, 2.24) is 9.97 Å². The van der Waals surface area contributed by atoms with Crippen LogP contribution in [0.3, 0.4) is 0 Å². The minimum Gasteiger partial charge on any atom is -0.237 e. The van der Waals surface area contributed by atoms with E-state index in [0.717, 1.165) is 5.56 Å². The molecule has 3 heteroatoms. The van der Waals surface area contributed by atoms with E-state index in [9.17, 15) is 4.39 Å². The van der Waals surface area contributed by atoms with Crippen LogP contribution >= 0.6 is 0 Å². The average Bonchev–Trinajstić information content (AvgIpc) is 2.05. The van der Waals surface area contributed by atoms with Gasteiger partial charge in [-0.3, -0.25) is 0 Å². The van der Waals surface area contributed by atoms with Gasteiger partial charge in [-0.05, 0) is 25.5 Å². The lowest BCUT2D eigenvalue weighted by molar-refractivity contribution is 0.248. The monoisotopic (exact) mass is 166 g/mol. The molecule has 64 valence electrons. The summed E-state index contributed by atoms with van der Waals surface area (Å²) in [5, 5.41) is 0. The zero-order chi connectivity index (χ0) is 9.19. The van der Waals surface area contributed by atoms with Crippen molar-refractivity contribution in [2.24, 2.45) is 0 Å². The summed E-state index contributed by atoms with van der Waals surface area (Å²) in [6.45, 7) is 6.61. The molecule has 2 nitrogen and oxygen atoms in total. The fourth-order valence-electron chi connectivity index (χ4n) is 0.736. The summed E-state index contributed by atoms with van der Waals surface area (Å²) < 4.78 is 13.4. The van der Waals surface area contributed by atoms with E-state index >= 15 is 0 Å². The van der Waals surface area contributed by atoms with E-state index in [1.54, 1.807) is 12.4 Å². The molecule has 0 aliphatic heterocycles. The molecule has 1 aromatic rings. The minimum atomic E-state index is -1.63. The van der Waals surface area contributed by atoms with Crippen LogP contribution in [0.15, 0.2) is 25.0 Å². The Bertz CT molecular complexity index is 277. The van der Waals surface area contributed by atoms with Gasteiger partial charge in [-0.25, -0.2) is 14.4 Å². The van der Waals surface area contributed by atoms with E-state index in [2.05, 4.69) is 16.5 Å². The van der Waals surface area contributed by atoms with Crippen LogP contribution in [0.2, 0.25) is 0 Å². The molecule has 1 atom stereocenters. The first kappa shape index (κ1) is 8.84. The van der Waals surface area contributed by atoms with Crippen LogP contribution in [-0.2, 0) is 5.67 Å². The molecular formula is C9H11FN2. The maximum Gasteiger partial charge on any atom is 0.185 e. The van der Waals surface area contributed by atoms with Crippen molar-refractivity contribution in [3.8, 4) is 0 Å². The Labute approximate surface area is 71.2 Å². The summed E-state index contributed by atoms with van der Waals surface area (Å²) in [4.78, 5) is 7.73. The second-order valence-electron chi connectivity index (χ2n) is 2.86. The van der Waals surface area contributed by atoms with E-state index in [1.807, 2.05) is 6.92 Å². The third kappa shape index (κ3) is 1.67. The Hall–Kier alpha value is -1.25. The van der Waals surface area contributed by atoms with Gasteiger partial charge in [-0.1, -0.05) is 6.58 Å². The van der Waals surface area contributed by atoms with Gasteiger partial charge in [0.05, 0.1) is 0 Å². The molecule has 0 fully saturated rings. The Balaban J connectivity index is 3.04. The molecule has 0 radical (unpaired) electrons. The molecular weight excluding hydrogens is 155 g/mol. The predicted molar refractivity (Wildman–Crippen MR) is 45.4 cm³/mol. The van der Waals surface area contributed by atoms with Crippen molar-refractivity contribution in [3.05, 3.63) is 36.4 Å². The molecule has 12 heavy (non-hydrogen) atoms.